The lowest BCUT2D eigenvalue weighted by Gasteiger charge is -2.28. The second-order valence-electron chi connectivity index (χ2n) is 5.84. The van der Waals surface area contributed by atoms with Gasteiger partial charge in [0.15, 0.2) is 0 Å². The number of hydrogen-bond donors (Lipinski definition) is 1. The normalized spacial score (nSPS) is 14.4. The van der Waals surface area contributed by atoms with Crippen molar-refractivity contribution in [1.29, 1.82) is 0 Å². The summed E-state index contributed by atoms with van der Waals surface area (Å²) >= 11 is 0. The van der Waals surface area contributed by atoms with E-state index in [2.05, 4.69) is 32.6 Å². The number of unbranched alkanes of at least 4 members (excludes halogenated alkanes) is 1. The van der Waals surface area contributed by atoms with Crippen LogP contribution in [0.1, 0.15) is 40.5 Å². The van der Waals surface area contributed by atoms with Crippen LogP contribution >= 0.6 is 0 Å². The van der Waals surface area contributed by atoms with Gasteiger partial charge in [0.05, 0.1) is 12.7 Å². The Morgan fingerprint density at radius 1 is 1.31 bits per heavy atom. The lowest BCUT2D eigenvalue weighted by Crippen LogP contribution is -2.37. The Hall–Kier alpha value is -0.120. The standard InChI is InChI=1S/C13H29NO2/c1-6-7-8-16-10-12(15)9-14(5)11-13(2,3)4/h12,15H,6-11H2,1-5H3. The molecule has 1 atom stereocenters. The molecule has 0 bridgehead atoms. The van der Waals surface area contributed by atoms with E-state index in [-0.39, 0.29) is 11.5 Å². The largest absolute Gasteiger partial charge is 0.389 e. The molecule has 3 nitrogen and oxygen atoms in total. The molecule has 1 N–H and O–H groups in total. The SMILES string of the molecule is CCCCOCC(O)CN(C)CC(C)(C)C. The van der Waals surface area contributed by atoms with Crippen molar-refractivity contribution in [2.75, 3.05) is 33.4 Å². The van der Waals surface area contributed by atoms with Gasteiger partial charge >= 0.3 is 0 Å². The Morgan fingerprint density at radius 2 is 1.94 bits per heavy atom. The zero-order valence-corrected chi connectivity index (χ0v) is 11.6. The molecule has 3 heteroatoms. The van der Waals surface area contributed by atoms with Crippen LogP contribution in [-0.4, -0.2) is 49.5 Å². The molecule has 0 fully saturated rings. The maximum Gasteiger partial charge on any atom is 0.0900 e. The first-order chi connectivity index (χ1) is 7.35. The number of aliphatic hydroxyl groups excluding tert-OH is 1. The van der Waals surface area contributed by atoms with Crippen LogP contribution in [-0.2, 0) is 4.74 Å². The molecule has 0 amide bonds. The Kier molecular flexibility index (Phi) is 7.98. The van der Waals surface area contributed by atoms with Crippen molar-refractivity contribution in [2.45, 2.75) is 46.6 Å². The van der Waals surface area contributed by atoms with Crippen molar-refractivity contribution < 1.29 is 9.84 Å². The van der Waals surface area contributed by atoms with Crippen molar-refractivity contribution in [2.24, 2.45) is 5.41 Å². The summed E-state index contributed by atoms with van der Waals surface area (Å²) in [5, 5.41) is 9.75. The number of ether oxygens (including phenoxy) is 1. The summed E-state index contributed by atoms with van der Waals surface area (Å²) in [5.41, 5.74) is 0.275. The van der Waals surface area contributed by atoms with E-state index >= 15 is 0 Å². The highest BCUT2D eigenvalue weighted by molar-refractivity contribution is 4.69. The summed E-state index contributed by atoms with van der Waals surface area (Å²) < 4.78 is 5.39. The number of aliphatic hydroxyl groups is 1. The zero-order chi connectivity index (χ0) is 12.6. The molecule has 1 unspecified atom stereocenters. The highest BCUT2D eigenvalue weighted by atomic mass is 16.5. The van der Waals surface area contributed by atoms with Gasteiger partial charge in [-0.1, -0.05) is 34.1 Å². The summed E-state index contributed by atoms with van der Waals surface area (Å²) in [5.74, 6) is 0. The van der Waals surface area contributed by atoms with Gasteiger partial charge in [-0.3, -0.25) is 0 Å². The minimum Gasteiger partial charge on any atom is -0.389 e. The van der Waals surface area contributed by atoms with Crippen LogP contribution in [0.15, 0.2) is 0 Å². The molecule has 0 aromatic heterocycles. The van der Waals surface area contributed by atoms with Gasteiger partial charge < -0.3 is 14.7 Å². The lowest BCUT2D eigenvalue weighted by atomic mass is 9.96. The molecular formula is C13H29NO2. The van der Waals surface area contributed by atoms with E-state index < -0.39 is 0 Å². The van der Waals surface area contributed by atoms with Gasteiger partial charge in [-0.25, -0.2) is 0 Å². The summed E-state index contributed by atoms with van der Waals surface area (Å²) in [6.45, 7) is 11.6. The molecule has 0 heterocycles. The number of rotatable bonds is 8. The quantitative estimate of drug-likeness (QED) is 0.650. The molecule has 0 radical (unpaired) electrons. The van der Waals surface area contributed by atoms with E-state index in [4.69, 9.17) is 4.74 Å². The Bertz CT molecular complexity index is 166. The van der Waals surface area contributed by atoms with Crippen LogP contribution in [0, 0.1) is 5.41 Å². The Morgan fingerprint density at radius 3 is 2.44 bits per heavy atom. The molecule has 0 spiro atoms. The minimum absolute atomic E-state index is 0.275. The summed E-state index contributed by atoms with van der Waals surface area (Å²) in [4.78, 5) is 2.16. The number of hydrogen-bond acceptors (Lipinski definition) is 3. The number of nitrogens with zero attached hydrogens (tertiary/aromatic N) is 1. The predicted octanol–water partition coefficient (Wildman–Crippen LogP) is 2.14. The van der Waals surface area contributed by atoms with Crippen LogP contribution in [0.25, 0.3) is 0 Å². The maximum absolute atomic E-state index is 9.75. The van der Waals surface area contributed by atoms with Gasteiger partial charge in [0.25, 0.3) is 0 Å². The molecule has 0 aromatic rings. The third kappa shape index (κ3) is 10.4. The van der Waals surface area contributed by atoms with Gasteiger partial charge in [0, 0.05) is 19.7 Å². The lowest BCUT2D eigenvalue weighted by molar-refractivity contribution is 0.0157. The molecule has 0 aromatic carbocycles. The van der Waals surface area contributed by atoms with E-state index in [1.807, 2.05) is 7.05 Å². The van der Waals surface area contributed by atoms with Gasteiger partial charge in [-0.05, 0) is 18.9 Å². The molecule has 0 aliphatic carbocycles. The second-order valence-corrected chi connectivity index (χ2v) is 5.84. The summed E-state index contributed by atoms with van der Waals surface area (Å²) in [6, 6.07) is 0. The monoisotopic (exact) mass is 231 g/mol. The predicted molar refractivity (Wildman–Crippen MR) is 68.7 cm³/mol. The summed E-state index contributed by atoms with van der Waals surface area (Å²) in [6.07, 6.45) is 1.84. The van der Waals surface area contributed by atoms with E-state index in [1.165, 1.54) is 0 Å². The van der Waals surface area contributed by atoms with Crippen LogP contribution in [0.3, 0.4) is 0 Å². The smallest absolute Gasteiger partial charge is 0.0900 e. The number of likely N-dealkylation sites (N-methyl/N-ethyl adjacent to an activating group) is 1. The average molecular weight is 231 g/mol. The van der Waals surface area contributed by atoms with Crippen LogP contribution < -0.4 is 0 Å². The fourth-order valence-corrected chi connectivity index (χ4v) is 1.75. The molecule has 0 rings (SSSR count). The molecule has 0 aliphatic rings. The van der Waals surface area contributed by atoms with E-state index in [0.717, 1.165) is 26.0 Å². The van der Waals surface area contributed by atoms with Crippen molar-refractivity contribution >= 4 is 0 Å². The first kappa shape index (κ1) is 15.9. The molecular weight excluding hydrogens is 202 g/mol. The van der Waals surface area contributed by atoms with Gasteiger partial charge in [0.2, 0.25) is 0 Å². The Labute approximate surface area is 101 Å². The van der Waals surface area contributed by atoms with E-state index in [1.54, 1.807) is 0 Å². The topological polar surface area (TPSA) is 32.7 Å². The third-order valence-corrected chi connectivity index (χ3v) is 2.22. The second kappa shape index (κ2) is 8.04. The molecule has 0 saturated heterocycles. The minimum atomic E-state index is -0.371. The first-order valence-corrected chi connectivity index (χ1v) is 6.29. The third-order valence-electron chi connectivity index (χ3n) is 2.22. The highest BCUT2D eigenvalue weighted by Crippen LogP contribution is 2.14. The maximum atomic E-state index is 9.75. The van der Waals surface area contributed by atoms with Gasteiger partial charge in [-0.15, -0.1) is 0 Å². The van der Waals surface area contributed by atoms with Crippen LogP contribution in [0.4, 0.5) is 0 Å². The van der Waals surface area contributed by atoms with Crippen molar-refractivity contribution in [3.63, 3.8) is 0 Å². The fourth-order valence-electron chi connectivity index (χ4n) is 1.75. The molecule has 16 heavy (non-hydrogen) atoms. The van der Waals surface area contributed by atoms with Crippen molar-refractivity contribution in [1.82, 2.24) is 4.90 Å². The first-order valence-electron chi connectivity index (χ1n) is 6.29. The van der Waals surface area contributed by atoms with Crippen LogP contribution in [0.2, 0.25) is 0 Å². The van der Waals surface area contributed by atoms with Crippen molar-refractivity contribution in [3.05, 3.63) is 0 Å². The Balaban J connectivity index is 3.58. The molecule has 98 valence electrons. The highest BCUT2D eigenvalue weighted by Gasteiger charge is 2.15. The molecule has 0 saturated carbocycles. The average Bonchev–Trinajstić information content (AvgIpc) is 2.09. The molecule has 0 aliphatic heterocycles. The van der Waals surface area contributed by atoms with Crippen molar-refractivity contribution in [3.8, 4) is 0 Å². The van der Waals surface area contributed by atoms with Gasteiger partial charge in [0.1, 0.15) is 0 Å². The zero-order valence-electron chi connectivity index (χ0n) is 11.6. The van der Waals surface area contributed by atoms with Gasteiger partial charge in [-0.2, -0.15) is 0 Å². The van der Waals surface area contributed by atoms with E-state index in [9.17, 15) is 5.11 Å². The van der Waals surface area contributed by atoms with Crippen LogP contribution in [0.5, 0.6) is 0 Å². The summed E-state index contributed by atoms with van der Waals surface area (Å²) in [7, 11) is 2.04. The van der Waals surface area contributed by atoms with E-state index in [0.29, 0.717) is 13.2 Å². The fraction of sp³-hybridized carbons (Fsp3) is 1.00.